The van der Waals surface area contributed by atoms with Gasteiger partial charge in [0.05, 0.1) is 15.8 Å². The number of halogens is 1. The number of hydrogen-bond acceptors (Lipinski definition) is 4. The molecular formula is C12H6INOS2. The summed E-state index contributed by atoms with van der Waals surface area (Å²) in [5, 5.41) is 2.89. The van der Waals surface area contributed by atoms with Crippen LogP contribution in [0.1, 0.15) is 0 Å². The summed E-state index contributed by atoms with van der Waals surface area (Å²) in [5.41, 5.74) is 0.880. The molecule has 0 atom stereocenters. The van der Waals surface area contributed by atoms with E-state index in [-0.39, 0.29) is 0 Å². The largest absolute Gasteiger partial charge is 0.425 e. The van der Waals surface area contributed by atoms with Crippen molar-refractivity contribution in [1.29, 1.82) is 0 Å². The summed E-state index contributed by atoms with van der Waals surface area (Å²) in [7, 11) is 0. The molecule has 0 spiro atoms. The van der Waals surface area contributed by atoms with Gasteiger partial charge in [0, 0.05) is 3.57 Å². The minimum atomic E-state index is 0.497. The lowest BCUT2D eigenvalue weighted by atomic mass is 10.2. The third kappa shape index (κ3) is 2.14. The van der Waals surface area contributed by atoms with Gasteiger partial charge in [-0.3, -0.25) is 0 Å². The van der Waals surface area contributed by atoms with Gasteiger partial charge >= 0.3 is 0 Å². The van der Waals surface area contributed by atoms with E-state index in [1.807, 2.05) is 35.7 Å². The highest BCUT2D eigenvalue weighted by atomic mass is 127. The maximum atomic E-state index is 5.60. The van der Waals surface area contributed by atoms with E-state index >= 15 is 0 Å². The second-order valence-electron chi connectivity index (χ2n) is 3.45. The number of fused-ring (bicyclic) bond motifs is 1. The van der Waals surface area contributed by atoms with Crippen LogP contribution in [0.3, 0.4) is 0 Å². The van der Waals surface area contributed by atoms with Crippen LogP contribution in [0, 0.1) is 8.28 Å². The summed E-state index contributed by atoms with van der Waals surface area (Å²) in [5.74, 6) is 0.596. The summed E-state index contributed by atoms with van der Waals surface area (Å²) >= 11 is 9.11. The summed E-state index contributed by atoms with van der Waals surface area (Å²) in [4.78, 5) is 5.49. The summed E-state index contributed by atoms with van der Waals surface area (Å²) < 4.78 is 7.22. The molecule has 3 rings (SSSR count). The van der Waals surface area contributed by atoms with Gasteiger partial charge in [-0.05, 0) is 64.5 Å². The van der Waals surface area contributed by atoms with Crippen LogP contribution in [0.25, 0.3) is 21.7 Å². The van der Waals surface area contributed by atoms with E-state index in [2.05, 4.69) is 27.6 Å². The zero-order valence-electron chi connectivity index (χ0n) is 8.51. The van der Waals surface area contributed by atoms with Gasteiger partial charge < -0.3 is 4.42 Å². The number of benzene rings is 1. The van der Waals surface area contributed by atoms with Crippen LogP contribution < -0.4 is 0 Å². The highest BCUT2D eigenvalue weighted by Crippen LogP contribution is 2.26. The highest BCUT2D eigenvalue weighted by Gasteiger charge is 2.07. The Morgan fingerprint density at radius 2 is 2.18 bits per heavy atom. The van der Waals surface area contributed by atoms with Crippen molar-refractivity contribution < 1.29 is 4.42 Å². The van der Waals surface area contributed by atoms with Crippen molar-refractivity contribution in [2.75, 3.05) is 0 Å². The monoisotopic (exact) mass is 371 g/mol. The van der Waals surface area contributed by atoms with Crippen LogP contribution >= 0.6 is 46.1 Å². The molecule has 2 heterocycles. The van der Waals surface area contributed by atoms with Crippen molar-refractivity contribution in [1.82, 2.24) is 4.98 Å². The first-order valence-corrected chi connectivity index (χ1v) is 7.25. The van der Waals surface area contributed by atoms with E-state index in [1.165, 1.54) is 0 Å². The fourth-order valence-corrected chi connectivity index (χ4v) is 2.93. The maximum absolute atomic E-state index is 5.60. The summed E-state index contributed by atoms with van der Waals surface area (Å²) in [6, 6.07) is 9.93. The average Bonchev–Trinajstić information content (AvgIpc) is 2.83. The van der Waals surface area contributed by atoms with Crippen LogP contribution in [0.4, 0.5) is 0 Å². The molecule has 0 aliphatic heterocycles. The minimum absolute atomic E-state index is 0.497. The molecule has 84 valence electrons. The lowest BCUT2D eigenvalue weighted by Crippen LogP contribution is -1.85. The first-order chi connectivity index (χ1) is 8.24. The Bertz CT molecular complexity index is 734. The van der Waals surface area contributed by atoms with Crippen LogP contribution in [0.15, 0.2) is 40.1 Å². The van der Waals surface area contributed by atoms with Gasteiger partial charge in [0.1, 0.15) is 0 Å². The molecule has 0 aliphatic rings. The summed E-state index contributed by atoms with van der Waals surface area (Å²) in [6.45, 7) is 0. The van der Waals surface area contributed by atoms with Crippen LogP contribution in [-0.2, 0) is 0 Å². The highest BCUT2D eigenvalue weighted by molar-refractivity contribution is 14.1. The van der Waals surface area contributed by atoms with E-state index in [0.29, 0.717) is 10.6 Å². The van der Waals surface area contributed by atoms with Crippen LogP contribution in [-0.4, -0.2) is 4.98 Å². The SMILES string of the molecule is S=c1oc(-c2cccs2)nc2ccc(I)cc12. The van der Waals surface area contributed by atoms with Crippen molar-refractivity contribution in [3.8, 4) is 10.8 Å². The molecule has 0 fully saturated rings. The van der Waals surface area contributed by atoms with E-state index in [9.17, 15) is 0 Å². The van der Waals surface area contributed by atoms with Gasteiger partial charge in [0.15, 0.2) is 0 Å². The number of nitrogens with zero attached hydrogens (tertiary/aromatic N) is 1. The molecule has 17 heavy (non-hydrogen) atoms. The Balaban J connectivity index is 2.32. The van der Waals surface area contributed by atoms with E-state index in [1.54, 1.807) is 11.3 Å². The average molecular weight is 371 g/mol. The molecule has 0 bridgehead atoms. The quantitative estimate of drug-likeness (QED) is 0.450. The van der Waals surface area contributed by atoms with Gasteiger partial charge in [-0.15, -0.1) is 11.3 Å². The lowest BCUT2D eigenvalue weighted by molar-refractivity contribution is 0.542. The van der Waals surface area contributed by atoms with E-state index in [4.69, 9.17) is 16.6 Å². The van der Waals surface area contributed by atoms with Gasteiger partial charge in [0.25, 0.3) is 0 Å². The molecule has 5 heteroatoms. The minimum Gasteiger partial charge on any atom is -0.425 e. The molecule has 2 nitrogen and oxygen atoms in total. The van der Waals surface area contributed by atoms with Gasteiger partial charge in [0.2, 0.25) is 10.6 Å². The molecule has 0 unspecified atom stereocenters. The molecule has 1 aromatic carbocycles. The smallest absolute Gasteiger partial charge is 0.238 e. The van der Waals surface area contributed by atoms with Crippen molar-refractivity contribution >= 4 is 57.0 Å². The fourth-order valence-electron chi connectivity index (χ4n) is 1.55. The third-order valence-electron chi connectivity index (χ3n) is 2.32. The molecule has 3 aromatic rings. The second kappa shape index (κ2) is 4.47. The molecule has 0 N–H and O–H groups in total. The van der Waals surface area contributed by atoms with Crippen LogP contribution in [0.5, 0.6) is 0 Å². The fraction of sp³-hybridized carbons (Fsp3) is 0. The predicted octanol–water partition coefficient (Wildman–Crippen LogP) is 4.89. The standard InChI is InChI=1S/C12H6INOS2/c13-7-3-4-9-8(6-7)12(16)15-11(14-9)10-2-1-5-17-10/h1-6H. The first-order valence-electron chi connectivity index (χ1n) is 4.88. The Kier molecular flexibility index (Phi) is 2.97. The summed E-state index contributed by atoms with van der Waals surface area (Å²) in [6.07, 6.45) is 0. The molecule has 0 radical (unpaired) electrons. The van der Waals surface area contributed by atoms with E-state index < -0.39 is 0 Å². The number of hydrogen-bond donors (Lipinski definition) is 0. The molecule has 0 aliphatic carbocycles. The molecule has 0 saturated heterocycles. The van der Waals surface area contributed by atoms with E-state index in [0.717, 1.165) is 19.4 Å². The van der Waals surface area contributed by atoms with Crippen molar-refractivity contribution in [2.24, 2.45) is 0 Å². The Morgan fingerprint density at radius 3 is 2.94 bits per heavy atom. The zero-order chi connectivity index (χ0) is 11.8. The maximum Gasteiger partial charge on any atom is 0.238 e. The van der Waals surface area contributed by atoms with Crippen LogP contribution in [0.2, 0.25) is 0 Å². The molecule has 0 saturated carbocycles. The van der Waals surface area contributed by atoms with Gasteiger partial charge in [-0.2, -0.15) is 0 Å². The molecule has 0 amide bonds. The zero-order valence-corrected chi connectivity index (χ0v) is 12.3. The molecule has 2 aromatic heterocycles. The Labute approximate surface area is 120 Å². The first kappa shape index (κ1) is 11.3. The number of rotatable bonds is 1. The Morgan fingerprint density at radius 1 is 1.29 bits per heavy atom. The van der Waals surface area contributed by atoms with Crippen molar-refractivity contribution in [3.05, 3.63) is 44.0 Å². The second-order valence-corrected chi connectivity index (χ2v) is 6.01. The van der Waals surface area contributed by atoms with Crippen molar-refractivity contribution in [3.63, 3.8) is 0 Å². The predicted molar refractivity (Wildman–Crippen MR) is 80.9 cm³/mol. The molecular weight excluding hydrogens is 365 g/mol. The lowest BCUT2D eigenvalue weighted by Gasteiger charge is -2.01. The topological polar surface area (TPSA) is 26.0 Å². The van der Waals surface area contributed by atoms with Gasteiger partial charge in [-0.25, -0.2) is 4.98 Å². The number of thiophene rings is 1. The third-order valence-corrected chi connectivity index (χ3v) is 4.15. The van der Waals surface area contributed by atoms with Crippen molar-refractivity contribution in [2.45, 2.75) is 0 Å². The number of aromatic nitrogens is 1. The van der Waals surface area contributed by atoms with Gasteiger partial charge in [-0.1, -0.05) is 6.07 Å². The normalized spacial score (nSPS) is 10.9. The Hall–Kier alpha value is -0.790.